The lowest BCUT2D eigenvalue weighted by molar-refractivity contribution is 0.0600. The van der Waals surface area contributed by atoms with Crippen LogP contribution < -0.4 is 0 Å². The van der Waals surface area contributed by atoms with Gasteiger partial charge in [-0.25, -0.2) is 4.79 Å². The predicted molar refractivity (Wildman–Crippen MR) is 79.2 cm³/mol. The number of carbonyl (C=O) groups is 1. The summed E-state index contributed by atoms with van der Waals surface area (Å²) < 4.78 is 4.77. The number of benzene rings is 3. The zero-order valence-corrected chi connectivity index (χ0v) is 11.3. The van der Waals surface area contributed by atoms with Gasteiger partial charge in [0.25, 0.3) is 0 Å². The zero-order chi connectivity index (χ0) is 14.3. The molecule has 20 heavy (non-hydrogen) atoms. The first-order valence-electron chi connectivity index (χ1n) is 6.36. The van der Waals surface area contributed by atoms with E-state index >= 15 is 0 Å². The van der Waals surface area contributed by atoms with Crippen molar-refractivity contribution in [1.29, 1.82) is 0 Å². The van der Waals surface area contributed by atoms with Crippen molar-refractivity contribution in [2.75, 3.05) is 7.11 Å². The third-order valence-electron chi connectivity index (χ3n) is 3.67. The van der Waals surface area contributed by atoms with Crippen molar-refractivity contribution in [1.82, 2.24) is 0 Å². The van der Waals surface area contributed by atoms with E-state index in [2.05, 4.69) is 0 Å². The van der Waals surface area contributed by atoms with Crippen LogP contribution in [-0.2, 0) is 4.74 Å². The van der Waals surface area contributed by atoms with Crippen LogP contribution in [0.4, 0.5) is 0 Å². The molecule has 3 nitrogen and oxygen atoms in total. The van der Waals surface area contributed by atoms with E-state index in [4.69, 9.17) is 4.74 Å². The number of aryl methyl sites for hydroxylation is 1. The minimum absolute atomic E-state index is 0.210. The molecule has 0 atom stereocenters. The Hall–Kier alpha value is -2.55. The van der Waals surface area contributed by atoms with E-state index in [1.165, 1.54) is 7.11 Å². The number of hydrogen-bond donors (Lipinski definition) is 1. The zero-order valence-electron chi connectivity index (χ0n) is 11.3. The fraction of sp³-hybridized carbons (Fsp3) is 0.118. The number of aromatic hydroxyl groups is 1. The second kappa shape index (κ2) is 4.53. The summed E-state index contributed by atoms with van der Waals surface area (Å²) >= 11 is 0. The highest BCUT2D eigenvalue weighted by Crippen LogP contribution is 2.36. The summed E-state index contributed by atoms with van der Waals surface area (Å²) in [6.07, 6.45) is 0. The van der Waals surface area contributed by atoms with Crippen LogP contribution in [0.1, 0.15) is 15.9 Å². The Morgan fingerprint density at radius 3 is 2.60 bits per heavy atom. The lowest BCUT2D eigenvalue weighted by atomic mass is 9.95. The van der Waals surface area contributed by atoms with Crippen LogP contribution in [0, 0.1) is 6.92 Å². The normalized spacial score (nSPS) is 10.9. The van der Waals surface area contributed by atoms with E-state index < -0.39 is 5.97 Å². The highest BCUT2D eigenvalue weighted by atomic mass is 16.5. The number of carbonyl (C=O) groups excluding carboxylic acids is 1. The topological polar surface area (TPSA) is 46.5 Å². The maximum absolute atomic E-state index is 11.7. The molecule has 3 aromatic rings. The number of methoxy groups -OCH3 is 1. The molecule has 0 radical (unpaired) electrons. The van der Waals surface area contributed by atoms with Gasteiger partial charge in [0.05, 0.1) is 12.7 Å². The lowest BCUT2D eigenvalue weighted by Crippen LogP contribution is -2.04. The lowest BCUT2D eigenvalue weighted by Gasteiger charge is -2.11. The van der Waals surface area contributed by atoms with Crippen molar-refractivity contribution in [3.8, 4) is 5.75 Å². The third-order valence-corrected chi connectivity index (χ3v) is 3.67. The van der Waals surface area contributed by atoms with Gasteiger partial charge in [-0.3, -0.25) is 0 Å². The van der Waals surface area contributed by atoms with Crippen molar-refractivity contribution in [3.63, 3.8) is 0 Å². The van der Waals surface area contributed by atoms with Crippen LogP contribution in [0.15, 0.2) is 42.5 Å². The molecule has 0 aliphatic rings. The van der Waals surface area contributed by atoms with Gasteiger partial charge in [-0.05, 0) is 35.4 Å². The summed E-state index contributed by atoms with van der Waals surface area (Å²) in [6, 6.07) is 13.2. The summed E-state index contributed by atoms with van der Waals surface area (Å²) in [4.78, 5) is 11.7. The minimum atomic E-state index is -0.392. The molecule has 0 aromatic heterocycles. The van der Waals surface area contributed by atoms with E-state index in [1.54, 1.807) is 6.07 Å². The predicted octanol–water partition coefficient (Wildman–Crippen LogP) is 3.79. The Morgan fingerprint density at radius 1 is 1.10 bits per heavy atom. The Balaban J connectivity index is 2.45. The van der Waals surface area contributed by atoms with E-state index in [-0.39, 0.29) is 5.75 Å². The second-order valence-corrected chi connectivity index (χ2v) is 4.77. The summed E-state index contributed by atoms with van der Waals surface area (Å²) in [5.41, 5.74) is 1.21. The SMILES string of the molecule is COC(=O)c1ccc2cc3ccccc3c(O)c2c1C. The number of phenols is 1. The molecule has 0 saturated carbocycles. The first-order chi connectivity index (χ1) is 9.63. The molecule has 0 unspecified atom stereocenters. The second-order valence-electron chi connectivity index (χ2n) is 4.77. The standard InChI is InChI=1S/C17H14O3/c1-10-13(17(19)20-2)8-7-12-9-11-5-3-4-6-14(11)16(18)15(10)12/h3-9,18H,1-2H3. The summed E-state index contributed by atoms with van der Waals surface area (Å²) in [6.45, 7) is 1.82. The van der Waals surface area contributed by atoms with Crippen LogP contribution in [0.25, 0.3) is 21.5 Å². The largest absolute Gasteiger partial charge is 0.507 e. The first-order valence-corrected chi connectivity index (χ1v) is 6.36. The van der Waals surface area contributed by atoms with Gasteiger partial charge >= 0.3 is 5.97 Å². The van der Waals surface area contributed by atoms with Crippen molar-refractivity contribution >= 4 is 27.5 Å². The maximum atomic E-state index is 11.7. The summed E-state index contributed by atoms with van der Waals surface area (Å²) in [7, 11) is 1.35. The molecule has 3 aromatic carbocycles. The number of hydrogen-bond acceptors (Lipinski definition) is 3. The van der Waals surface area contributed by atoms with Crippen LogP contribution in [0.5, 0.6) is 5.75 Å². The van der Waals surface area contributed by atoms with Crippen molar-refractivity contribution in [2.24, 2.45) is 0 Å². The van der Waals surface area contributed by atoms with Gasteiger partial charge in [0.1, 0.15) is 5.75 Å². The number of ether oxygens (including phenoxy) is 1. The van der Waals surface area contributed by atoms with Gasteiger partial charge in [-0.15, -0.1) is 0 Å². The monoisotopic (exact) mass is 266 g/mol. The molecule has 3 rings (SSSR count). The highest BCUT2D eigenvalue weighted by molar-refractivity contribution is 6.09. The Bertz CT molecular complexity index is 834. The summed E-state index contributed by atoms with van der Waals surface area (Å²) in [5, 5.41) is 13.9. The fourth-order valence-corrected chi connectivity index (χ4v) is 2.64. The molecule has 0 spiro atoms. The van der Waals surface area contributed by atoms with E-state index in [0.717, 1.165) is 21.7 Å². The molecule has 0 aliphatic carbocycles. The average molecular weight is 266 g/mol. The first kappa shape index (κ1) is 12.5. The Morgan fingerprint density at radius 2 is 1.85 bits per heavy atom. The van der Waals surface area contributed by atoms with E-state index in [1.807, 2.05) is 43.3 Å². The molecule has 0 heterocycles. The Labute approximate surface area is 116 Å². The van der Waals surface area contributed by atoms with Gasteiger partial charge in [0, 0.05) is 10.8 Å². The third kappa shape index (κ3) is 1.71. The molecule has 0 fully saturated rings. The van der Waals surface area contributed by atoms with Crippen LogP contribution in [0.2, 0.25) is 0 Å². The number of phenolic OH excluding ortho intramolecular Hbond substituents is 1. The Kier molecular flexibility index (Phi) is 2.83. The maximum Gasteiger partial charge on any atom is 0.338 e. The molecule has 0 bridgehead atoms. The van der Waals surface area contributed by atoms with Crippen LogP contribution >= 0.6 is 0 Å². The van der Waals surface area contributed by atoms with Crippen LogP contribution in [0.3, 0.4) is 0 Å². The quantitative estimate of drug-likeness (QED) is 0.538. The van der Waals surface area contributed by atoms with Gasteiger partial charge in [0.15, 0.2) is 0 Å². The number of fused-ring (bicyclic) bond motifs is 2. The molecule has 3 heteroatoms. The number of esters is 1. The molecule has 0 amide bonds. The van der Waals surface area contributed by atoms with Crippen molar-refractivity contribution in [3.05, 3.63) is 53.6 Å². The fourth-order valence-electron chi connectivity index (χ4n) is 2.64. The molecule has 0 saturated heterocycles. The molecule has 100 valence electrons. The average Bonchev–Trinajstić information content (AvgIpc) is 2.47. The smallest absolute Gasteiger partial charge is 0.338 e. The van der Waals surface area contributed by atoms with Gasteiger partial charge in [-0.2, -0.15) is 0 Å². The van der Waals surface area contributed by atoms with Crippen molar-refractivity contribution < 1.29 is 14.6 Å². The van der Waals surface area contributed by atoms with Gasteiger partial charge in [0.2, 0.25) is 0 Å². The van der Waals surface area contributed by atoms with Crippen molar-refractivity contribution in [2.45, 2.75) is 6.92 Å². The minimum Gasteiger partial charge on any atom is -0.507 e. The van der Waals surface area contributed by atoms with Gasteiger partial charge < -0.3 is 9.84 Å². The van der Waals surface area contributed by atoms with Crippen LogP contribution in [-0.4, -0.2) is 18.2 Å². The molecule has 0 aliphatic heterocycles. The van der Waals surface area contributed by atoms with E-state index in [0.29, 0.717) is 10.9 Å². The number of rotatable bonds is 1. The highest BCUT2D eigenvalue weighted by Gasteiger charge is 2.15. The molecular formula is C17H14O3. The summed E-state index contributed by atoms with van der Waals surface area (Å²) in [5.74, 6) is -0.182. The molecule has 1 N–H and O–H groups in total. The molecular weight excluding hydrogens is 252 g/mol. The van der Waals surface area contributed by atoms with E-state index in [9.17, 15) is 9.90 Å². The van der Waals surface area contributed by atoms with Gasteiger partial charge in [-0.1, -0.05) is 30.3 Å².